The van der Waals surface area contributed by atoms with Crippen LogP contribution in [0.1, 0.15) is 128 Å². The first-order chi connectivity index (χ1) is 12.3. The monoisotopic (exact) mass is 394 g/mol. The minimum atomic E-state index is -0.190. The smallest absolute Gasteiger partial charge is 0.0149 e. The summed E-state index contributed by atoms with van der Waals surface area (Å²) in [4.78, 5) is 0. The summed E-state index contributed by atoms with van der Waals surface area (Å²) in [6.07, 6.45) is 10.2. The van der Waals surface area contributed by atoms with Gasteiger partial charge in [-0.25, -0.2) is 0 Å². The molecule has 0 aromatic carbocycles. The Kier molecular flexibility index (Phi) is 7.62. The number of nitrogens with two attached hydrogens (primary N) is 2. The van der Waals surface area contributed by atoms with E-state index in [4.69, 9.17) is 11.5 Å². The van der Waals surface area contributed by atoms with Crippen LogP contribution in [0.15, 0.2) is 0 Å². The maximum absolute atomic E-state index is 6.72. The van der Waals surface area contributed by atoms with Gasteiger partial charge in [0.25, 0.3) is 0 Å². The van der Waals surface area contributed by atoms with Crippen LogP contribution in [0, 0.1) is 27.1 Å². The second-order valence-corrected chi connectivity index (χ2v) is 14.0. The fourth-order valence-corrected chi connectivity index (χ4v) is 5.93. The zero-order chi connectivity index (χ0) is 22.2. The zero-order valence-electron chi connectivity index (χ0n) is 21.4. The molecule has 0 amide bonds. The van der Waals surface area contributed by atoms with Gasteiger partial charge in [0.15, 0.2) is 0 Å². The highest BCUT2D eigenvalue weighted by Crippen LogP contribution is 2.62. The van der Waals surface area contributed by atoms with Crippen molar-refractivity contribution in [1.82, 2.24) is 0 Å². The lowest BCUT2D eigenvalue weighted by molar-refractivity contribution is -0.00425. The molecular formula is C26H54N2. The Hall–Kier alpha value is -0.0800. The predicted molar refractivity (Wildman–Crippen MR) is 126 cm³/mol. The van der Waals surface area contributed by atoms with Crippen molar-refractivity contribution in [2.24, 2.45) is 38.5 Å². The van der Waals surface area contributed by atoms with Gasteiger partial charge in [0.2, 0.25) is 0 Å². The molecule has 1 aliphatic carbocycles. The largest absolute Gasteiger partial charge is 0.328 e. The van der Waals surface area contributed by atoms with E-state index in [0.717, 1.165) is 6.42 Å². The first-order valence-electron chi connectivity index (χ1n) is 11.8. The molecule has 0 aromatic rings. The second-order valence-electron chi connectivity index (χ2n) is 14.0. The predicted octanol–water partition coefficient (Wildman–Crippen LogP) is 7.30. The molecule has 1 fully saturated rings. The standard InChI is InChI=1S/C26H54N2/c1-12-21(3,4)16-26(19-25(11)13-14-25,17-22(5,6)15-20(2)27)18-23(7,8)24(9,10)28/h20H,12-19,27-28H2,1-11H3. The van der Waals surface area contributed by atoms with Gasteiger partial charge in [0, 0.05) is 11.6 Å². The molecule has 0 aliphatic heterocycles. The van der Waals surface area contributed by atoms with Crippen LogP contribution in [-0.2, 0) is 0 Å². The molecule has 2 heteroatoms. The summed E-state index contributed by atoms with van der Waals surface area (Å²) in [6, 6.07) is 0.252. The third-order valence-electron chi connectivity index (χ3n) is 8.01. The first kappa shape index (κ1) is 26.0. The van der Waals surface area contributed by atoms with Gasteiger partial charge in [0.1, 0.15) is 0 Å². The summed E-state index contributed by atoms with van der Waals surface area (Å²) in [5.74, 6) is 0. The van der Waals surface area contributed by atoms with Crippen LogP contribution in [-0.4, -0.2) is 11.6 Å². The summed E-state index contributed by atoms with van der Waals surface area (Å²) in [5, 5.41) is 0. The van der Waals surface area contributed by atoms with Crippen LogP contribution >= 0.6 is 0 Å². The Balaban J connectivity index is 3.40. The van der Waals surface area contributed by atoms with Gasteiger partial charge in [-0.15, -0.1) is 0 Å². The Morgan fingerprint density at radius 2 is 1.32 bits per heavy atom. The van der Waals surface area contributed by atoms with E-state index in [-0.39, 0.29) is 22.4 Å². The van der Waals surface area contributed by atoms with Crippen molar-refractivity contribution in [1.29, 1.82) is 0 Å². The van der Waals surface area contributed by atoms with Crippen LogP contribution < -0.4 is 11.5 Å². The summed E-state index contributed by atoms with van der Waals surface area (Å²) in [6.45, 7) is 26.1. The van der Waals surface area contributed by atoms with E-state index in [1.54, 1.807) is 0 Å². The second kappa shape index (κ2) is 8.22. The average molecular weight is 395 g/mol. The van der Waals surface area contributed by atoms with Crippen molar-refractivity contribution in [2.45, 2.75) is 139 Å². The summed E-state index contributed by atoms with van der Waals surface area (Å²) < 4.78 is 0. The highest BCUT2D eigenvalue weighted by molar-refractivity contribution is 5.04. The van der Waals surface area contributed by atoms with Crippen molar-refractivity contribution < 1.29 is 0 Å². The molecule has 0 aromatic heterocycles. The van der Waals surface area contributed by atoms with Gasteiger partial charge >= 0.3 is 0 Å². The fraction of sp³-hybridized carbons (Fsp3) is 1.00. The topological polar surface area (TPSA) is 52.0 Å². The lowest BCUT2D eigenvalue weighted by Gasteiger charge is -2.52. The van der Waals surface area contributed by atoms with E-state index in [2.05, 4.69) is 76.2 Å². The molecule has 1 saturated carbocycles. The molecule has 2 nitrogen and oxygen atoms in total. The molecule has 1 rings (SSSR count). The Labute approximate surface area is 178 Å². The van der Waals surface area contributed by atoms with Crippen molar-refractivity contribution >= 4 is 0 Å². The van der Waals surface area contributed by atoms with E-state index in [1.165, 1.54) is 44.9 Å². The molecule has 28 heavy (non-hydrogen) atoms. The van der Waals surface area contributed by atoms with Gasteiger partial charge in [-0.2, -0.15) is 0 Å². The lowest BCUT2D eigenvalue weighted by Crippen LogP contribution is -2.51. The average Bonchev–Trinajstić information content (AvgIpc) is 3.10. The molecule has 0 spiro atoms. The van der Waals surface area contributed by atoms with Crippen molar-refractivity contribution in [3.8, 4) is 0 Å². The van der Waals surface area contributed by atoms with Gasteiger partial charge in [-0.3, -0.25) is 0 Å². The highest BCUT2D eigenvalue weighted by atomic mass is 14.8. The van der Waals surface area contributed by atoms with Crippen molar-refractivity contribution in [3.05, 3.63) is 0 Å². The SMILES string of the molecule is CCC(C)(C)CC(CC(C)(C)CC(C)N)(CC1(C)CC1)CC(C)(C)C(C)(C)N. The minimum Gasteiger partial charge on any atom is -0.328 e. The highest BCUT2D eigenvalue weighted by Gasteiger charge is 2.52. The number of hydrogen-bond donors (Lipinski definition) is 2. The van der Waals surface area contributed by atoms with Gasteiger partial charge < -0.3 is 11.5 Å². The van der Waals surface area contributed by atoms with Crippen LogP contribution in [0.2, 0.25) is 0 Å². The third-order valence-corrected chi connectivity index (χ3v) is 8.01. The summed E-state index contributed by atoms with van der Waals surface area (Å²) >= 11 is 0. The van der Waals surface area contributed by atoms with Gasteiger partial charge in [-0.1, -0.05) is 61.8 Å². The normalized spacial score (nSPS) is 21.3. The molecule has 2 atom stereocenters. The zero-order valence-corrected chi connectivity index (χ0v) is 21.4. The Morgan fingerprint density at radius 3 is 1.68 bits per heavy atom. The first-order valence-corrected chi connectivity index (χ1v) is 11.8. The maximum Gasteiger partial charge on any atom is 0.0149 e. The van der Waals surface area contributed by atoms with E-state index >= 15 is 0 Å². The quantitative estimate of drug-likeness (QED) is 0.365. The minimum absolute atomic E-state index is 0.0898. The Bertz CT molecular complexity index is 503. The molecule has 0 heterocycles. The van der Waals surface area contributed by atoms with Crippen LogP contribution in [0.4, 0.5) is 0 Å². The number of rotatable bonds is 12. The van der Waals surface area contributed by atoms with Crippen molar-refractivity contribution in [3.63, 3.8) is 0 Å². The van der Waals surface area contributed by atoms with E-state index in [1.807, 2.05) is 0 Å². The molecule has 2 unspecified atom stereocenters. The van der Waals surface area contributed by atoms with Crippen LogP contribution in [0.25, 0.3) is 0 Å². The third kappa shape index (κ3) is 7.63. The lowest BCUT2D eigenvalue weighted by atomic mass is 9.54. The molecule has 0 radical (unpaired) electrons. The molecule has 0 bridgehead atoms. The fourth-order valence-electron chi connectivity index (χ4n) is 5.93. The molecular weight excluding hydrogens is 340 g/mol. The molecule has 1 aliphatic rings. The molecule has 4 N–H and O–H groups in total. The molecule has 168 valence electrons. The van der Waals surface area contributed by atoms with Crippen LogP contribution in [0.3, 0.4) is 0 Å². The number of hydrogen-bond acceptors (Lipinski definition) is 2. The van der Waals surface area contributed by atoms with Crippen LogP contribution in [0.5, 0.6) is 0 Å². The molecule has 0 saturated heterocycles. The maximum atomic E-state index is 6.72. The van der Waals surface area contributed by atoms with Crippen molar-refractivity contribution in [2.75, 3.05) is 0 Å². The van der Waals surface area contributed by atoms with E-state index < -0.39 is 0 Å². The Morgan fingerprint density at radius 1 is 0.857 bits per heavy atom. The van der Waals surface area contributed by atoms with E-state index in [0.29, 0.717) is 16.2 Å². The van der Waals surface area contributed by atoms with E-state index in [9.17, 15) is 0 Å². The summed E-state index contributed by atoms with van der Waals surface area (Å²) in [7, 11) is 0. The summed E-state index contributed by atoms with van der Waals surface area (Å²) in [5.41, 5.74) is 14.3. The van der Waals surface area contributed by atoms with Gasteiger partial charge in [0.05, 0.1) is 0 Å². The van der Waals surface area contributed by atoms with Gasteiger partial charge in [-0.05, 0) is 92.8 Å².